The normalized spacial score (nSPS) is 18.3. The summed E-state index contributed by atoms with van der Waals surface area (Å²) in [7, 11) is 4.58. The molecule has 7 heteroatoms. The van der Waals surface area contributed by atoms with Crippen molar-refractivity contribution in [2.75, 3.05) is 32.8 Å². The van der Waals surface area contributed by atoms with Gasteiger partial charge in [-0.2, -0.15) is 0 Å². The van der Waals surface area contributed by atoms with Crippen molar-refractivity contribution in [3.8, 4) is 17.2 Å². The summed E-state index contributed by atoms with van der Waals surface area (Å²) in [6.07, 6.45) is 0.126. The van der Waals surface area contributed by atoms with E-state index in [-0.39, 0.29) is 18.9 Å². The van der Waals surface area contributed by atoms with E-state index in [1.165, 1.54) is 21.3 Å². The maximum absolute atomic E-state index is 13.2. The van der Waals surface area contributed by atoms with E-state index in [0.29, 0.717) is 28.5 Å². The number of hydrogen-bond donors (Lipinski definition) is 0. The number of amides is 1. The second-order valence-corrected chi connectivity index (χ2v) is 7.22. The van der Waals surface area contributed by atoms with Crippen molar-refractivity contribution in [3.05, 3.63) is 58.8 Å². The molecule has 0 radical (unpaired) electrons. The minimum absolute atomic E-state index is 0.0643. The highest BCUT2D eigenvalue weighted by atomic mass is 16.5. The molecule has 0 fully saturated rings. The monoisotopic (exact) mass is 409 g/mol. The van der Waals surface area contributed by atoms with Gasteiger partial charge in [0.15, 0.2) is 11.5 Å². The Morgan fingerprint density at radius 3 is 2.30 bits per heavy atom. The largest absolute Gasteiger partial charge is 0.493 e. The van der Waals surface area contributed by atoms with Crippen LogP contribution in [0.2, 0.25) is 0 Å². The van der Waals surface area contributed by atoms with E-state index in [1.807, 2.05) is 31.2 Å². The SMILES string of the molecule is COc1cc([C@H]2CC(=O)N(c3cccc(C)c3)C3=C2C(=O)OC3)cc(OC)c1OC. The predicted molar refractivity (Wildman–Crippen MR) is 110 cm³/mol. The third kappa shape index (κ3) is 3.16. The van der Waals surface area contributed by atoms with Crippen molar-refractivity contribution in [1.82, 2.24) is 0 Å². The molecule has 7 nitrogen and oxygen atoms in total. The van der Waals surface area contributed by atoms with Crippen molar-refractivity contribution in [2.24, 2.45) is 0 Å². The van der Waals surface area contributed by atoms with Gasteiger partial charge in [0.05, 0.1) is 32.6 Å². The first-order chi connectivity index (χ1) is 14.5. The summed E-state index contributed by atoms with van der Waals surface area (Å²) in [5.74, 6) is 0.418. The molecule has 0 aromatic heterocycles. The Morgan fingerprint density at radius 2 is 1.70 bits per heavy atom. The van der Waals surface area contributed by atoms with Gasteiger partial charge in [-0.25, -0.2) is 4.79 Å². The summed E-state index contributed by atoms with van der Waals surface area (Å²) < 4.78 is 21.6. The number of carbonyl (C=O) groups excluding carboxylic acids is 2. The molecule has 0 aliphatic carbocycles. The van der Waals surface area contributed by atoms with E-state index >= 15 is 0 Å². The zero-order valence-corrected chi connectivity index (χ0v) is 17.4. The number of cyclic esters (lactones) is 1. The number of aryl methyl sites for hydroxylation is 1. The third-order valence-corrected chi connectivity index (χ3v) is 5.47. The number of esters is 1. The first-order valence-corrected chi connectivity index (χ1v) is 9.58. The first-order valence-electron chi connectivity index (χ1n) is 9.58. The second kappa shape index (κ2) is 7.74. The smallest absolute Gasteiger partial charge is 0.336 e. The molecule has 2 aromatic carbocycles. The lowest BCUT2D eigenvalue weighted by atomic mass is 9.83. The average Bonchev–Trinajstić information content (AvgIpc) is 3.13. The number of rotatable bonds is 5. The van der Waals surface area contributed by atoms with Gasteiger partial charge in [0.25, 0.3) is 0 Å². The maximum Gasteiger partial charge on any atom is 0.336 e. The van der Waals surface area contributed by atoms with Crippen molar-refractivity contribution < 1.29 is 28.5 Å². The predicted octanol–water partition coefficient (Wildman–Crippen LogP) is 3.35. The quantitative estimate of drug-likeness (QED) is 0.705. The van der Waals surface area contributed by atoms with Gasteiger partial charge in [0.2, 0.25) is 11.7 Å². The summed E-state index contributed by atoms with van der Waals surface area (Å²) in [5.41, 5.74) is 3.56. The fraction of sp³-hybridized carbons (Fsp3) is 0.304. The Kier molecular flexibility index (Phi) is 5.11. The van der Waals surface area contributed by atoms with Crippen LogP contribution in [0.5, 0.6) is 17.2 Å². The summed E-state index contributed by atoms with van der Waals surface area (Å²) >= 11 is 0. The molecule has 0 N–H and O–H groups in total. The zero-order valence-electron chi connectivity index (χ0n) is 17.4. The molecule has 2 aliphatic heterocycles. The Labute approximate surface area is 174 Å². The highest BCUT2D eigenvalue weighted by Crippen LogP contribution is 2.46. The topological polar surface area (TPSA) is 74.3 Å². The molecule has 4 rings (SSSR count). The van der Waals surface area contributed by atoms with Crippen LogP contribution >= 0.6 is 0 Å². The van der Waals surface area contributed by atoms with Crippen LogP contribution in [0.15, 0.2) is 47.7 Å². The molecule has 0 saturated heterocycles. The third-order valence-electron chi connectivity index (χ3n) is 5.47. The van der Waals surface area contributed by atoms with Crippen LogP contribution in [0.4, 0.5) is 5.69 Å². The molecule has 0 unspecified atom stereocenters. The average molecular weight is 409 g/mol. The number of ether oxygens (including phenoxy) is 4. The highest BCUT2D eigenvalue weighted by molar-refractivity contribution is 6.06. The minimum atomic E-state index is -0.461. The Bertz CT molecular complexity index is 1030. The van der Waals surface area contributed by atoms with Crippen LogP contribution in [-0.2, 0) is 14.3 Å². The number of nitrogens with zero attached hydrogens (tertiary/aromatic N) is 1. The Balaban J connectivity index is 1.85. The van der Waals surface area contributed by atoms with Crippen LogP contribution in [0.3, 0.4) is 0 Å². The van der Waals surface area contributed by atoms with E-state index in [1.54, 1.807) is 17.0 Å². The molecule has 2 aromatic rings. The van der Waals surface area contributed by atoms with E-state index in [9.17, 15) is 9.59 Å². The van der Waals surface area contributed by atoms with Gasteiger partial charge < -0.3 is 18.9 Å². The van der Waals surface area contributed by atoms with Crippen LogP contribution in [0.25, 0.3) is 0 Å². The van der Waals surface area contributed by atoms with Crippen LogP contribution in [0, 0.1) is 6.92 Å². The lowest BCUT2D eigenvalue weighted by Gasteiger charge is -2.32. The molecule has 0 saturated carbocycles. The van der Waals surface area contributed by atoms with Crippen LogP contribution in [-0.4, -0.2) is 39.8 Å². The molecule has 2 aliphatic rings. The van der Waals surface area contributed by atoms with E-state index in [2.05, 4.69) is 0 Å². The number of benzene rings is 2. The molecule has 156 valence electrons. The Morgan fingerprint density at radius 1 is 1.00 bits per heavy atom. The summed E-state index contributed by atoms with van der Waals surface area (Å²) in [4.78, 5) is 27.5. The van der Waals surface area contributed by atoms with Gasteiger partial charge in [0.1, 0.15) is 6.61 Å². The van der Waals surface area contributed by atoms with Crippen molar-refractivity contribution in [1.29, 1.82) is 0 Å². The molecule has 0 spiro atoms. The summed E-state index contributed by atoms with van der Waals surface area (Å²) in [5, 5.41) is 0. The van der Waals surface area contributed by atoms with Gasteiger partial charge in [-0.1, -0.05) is 12.1 Å². The molecular weight excluding hydrogens is 386 g/mol. The molecule has 2 heterocycles. The number of hydrogen-bond acceptors (Lipinski definition) is 6. The molecular formula is C23H23NO6. The lowest BCUT2D eigenvalue weighted by Crippen LogP contribution is -2.37. The van der Waals surface area contributed by atoms with Gasteiger partial charge in [0, 0.05) is 18.0 Å². The fourth-order valence-electron chi connectivity index (χ4n) is 4.11. The van der Waals surface area contributed by atoms with E-state index < -0.39 is 11.9 Å². The standard InChI is InChI=1S/C23H23NO6/c1-13-6-5-7-15(8-13)24-17-12-30-23(26)21(17)16(11-20(24)25)14-9-18(27-2)22(29-4)19(10-14)28-3/h5-10,16H,11-12H2,1-4H3/t16-/m1/s1. The van der Waals surface area contributed by atoms with E-state index in [4.69, 9.17) is 18.9 Å². The lowest BCUT2D eigenvalue weighted by molar-refractivity contribution is -0.136. The fourth-order valence-corrected chi connectivity index (χ4v) is 4.11. The van der Waals surface area contributed by atoms with Crippen LogP contribution in [0.1, 0.15) is 23.5 Å². The number of methoxy groups -OCH3 is 3. The first kappa shape index (κ1) is 19.8. The maximum atomic E-state index is 13.2. The zero-order chi connectivity index (χ0) is 21.4. The van der Waals surface area contributed by atoms with Crippen molar-refractivity contribution in [3.63, 3.8) is 0 Å². The van der Waals surface area contributed by atoms with Gasteiger partial charge in [-0.3, -0.25) is 9.69 Å². The molecule has 1 atom stereocenters. The molecule has 30 heavy (non-hydrogen) atoms. The van der Waals surface area contributed by atoms with Crippen molar-refractivity contribution in [2.45, 2.75) is 19.3 Å². The minimum Gasteiger partial charge on any atom is -0.493 e. The van der Waals surface area contributed by atoms with Gasteiger partial charge in [-0.05, 0) is 42.3 Å². The highest BCUT2D eigenvalue weighted by Gasteiger charge is 2.43. The molecule has 0 bridgehead atoms. The number of carbonyl (C=O) groups is 2. The molecule has 1 amide bonds. The number of anilines is 1. The summed E-state index contributed by atoms with van der Waals surface area (Å²) in [6, 6.07) is 11.2. The van der Waals surface area contributed by atoms with Crippen molar-refractivity contribution >= 4 is 17.6 Å². The van der Waals surface area contributed by atoms with Gasteiger partial charge in [-0.15, -0.1) is 0 Å². The second-order valence-electron chi connectivity index (χ2n) is 7.22. The van der Waals surface area contributed by atoms with Crippen LogP contribution < -0.4 is 19.1 Å². The van der Waals surface area contributed by atoms with Gasteiger partial charge >= 0.3 is 5.97 Å². The summed E-state index contributed by atoms with van der Waals surface area (Å²) in [6.45, 7) is 2.02. The van der Waals surface area contributed by atoms with E-state index in [0.717, 1.165) is 16.8 Å². The Hall–Kier alpha value is -3.48.